The molecule has 0 aliphatic rings. The van der Waals surface area contributed by atoms with Gasteiger partial charge in [-0.3, -0.25) is 4.79 Å². The van der Waals surface area contributed by atoms with E-state index in [1.807, 2.05) is 24.3 Å². The molecule has 1 heterocycles. The third kappa shape index (κ3) is 5.84. The van der Waals surface area contributed by atoms with E-state index in [1.54, 1.807) is 26.0 Å². The first-order valence-corrected chi connectivity index (χ1v) is 8.92. The van der Waals surface area contributed by atoms with Crippen molar-refractivity contribution in [1.82, 2.24) is 15.0 Å². The number of aromatic nitrogens is 2. The van der Waals surface area contributed by atoms with E-state index >= 15 is 0 Å². The number of rotatable bonds is 10. The Labute approximate surface area is 151 Å². The van der Waals surface area contributed by atoms with Gasteiger partial charge in [0.25, 0.3) is 5.91 Å². The third-order valence-electron chi connectivity index (χ3n) is 3.46. The molecule has 0 spiro atoms. The second kappa shape index (κ2) is 10.2. The number of carbonyl (C=O) groups excluding carboxylic acids is 1. The van der Waals surface area contributed by atoms with Gasteiger partial charge in [0.05, 0.1) is 24.5 Å². The molecule has 25 heavy (non-hydrogen) atoms. The molecule has 0 radical (unpaired) electrons. The summed E-state index contributed by atoms with van der Waals surface area (Å²) in [5, 5.41) is 3.78. The van der Waals surface area contributed by atoms with Crippen LogP contribution in [0.3, 0.4) is 0 Å². The minimum absolute atomic E-state index is 0.0427. The predicted molar refractivity (Wildman–Crippen MR) is 94.7 cm³/mol. The molecule has 0 unspecified atom stereocenters. The highest BCUT2D eigenvalue weighted by Crippen LogP contribution is 2.26. The van der Waals surface area contributed by atoms with E-state index in [0.29, 0.717) is 49.3 Å². The summed E-state index contributed by atoms with van der Waals surface area (Å²) in [6.07, 6.45) is 0. The van der Waals surface area contributed by atoms with Crippen molar-refractivity contribution in [2.75, 3.05) is 40.5 Å². The molecule has 136 valence electrons. The Bertz CT molecular complexity index is 669. The molecule has 1 amide bonds. The van der Waals surface area contributed by atoms with Gasteiger partial charge in [-0.25, -0.2) is 0 Å². The molecule has 7 nitrogen and oxygen atoms in total. The minimum atomic E-state index is -0.0427. The molecule has 2 aromatic rings. The molecule has 0 aliphatic carbocycles. The van der Waals surface area contributed by atoms with Gasteiger partial charge in [0.2, 0.25) is 5.89 Å². The lowest BCUT2D eigenvalue weighted by Crippen LogP contribution is -2.36. The number of hydrogen-bond donors (Lipinski definition) is 0. The van der Waals surface area contributed by atoms with Crippen molar-refractivity contribution in [3.8, 4) is 0 Å². The molecule has 1 aromatic heterocycles. The first kappa shape index (κ1) is 19.4. The van der Waals surface area contributed by atoms with Gasteiger partial charge in [0.1, 0.15) is 0 Å². The zero-order valence-corrected chi connectivity index (χ0v) is 15.5. The van der Waals surface area contributed by atoms with Gasteiger partial charge in [-0.05, 0) is 19.1 Å². The topological polar surface area (TPSA) is 77.7 Å². The van der Waals surface area contributed by atoms with E-state index in [-0.39, 0.29) is 5.91 Å². The number of ether oxygens (including phenoxy) is 2. The van der Waals surface area contributed by atoms with E-state index < -0.39 is 0 Å². The van der Waals surface area contributed by atoms with Crippen LogP contribution in [0.2, 0.25) is 0 Å². The quantitative estimate of drug-likeness (QED) is 0.598. The van der Waals surface area contributed by atoms with Crippen LogP contribution in [0.1, 0.15) is 22.1 Å². The first-order chi connectivity index (χ1) is 12.2. The Morgan fingerprint density at radius 1 is 1.20 bits per heavy atom. The van der Waals surface area contributed by atoms with Crippen LogP contribution in [0.4, 0.5) is 0 Å². The number of amides is 1. The lowest BCUT2D eigenvalue weighted by molar-refractivity contribution is 0.0624. The molecule has 0 bridgehead atoms. The van der Waals surface area contributed by atoms with E-state index in [0.717, 1.165) is 4.90 Å². The van der Waals surface area contributed by atoms with Crippen molar-refractivity contribution in [2.45, 2.75) is 17.6 Å². The van der Waals surface area contributed by atoms with Gasteiger partial charge in [-0.2, -0.15) is 4.98 Å². The zero-order valence-electron chi connectivity index (χ0n) is 14.7. The smallest absolute Gasteiger partial charge is 0.255 e. The summed E-state index contributed by atoms with van der Waals surface area (Å²) < 4.78 is 15.3. The molecule has 0 aliphatic heterocycles. The third-order valence-corrected chi connectivity index (χ3v) is 4.51. The Kier molecular flexibility index (Phi) is 7.90. The Morgan fingerprint density at radius 3 is 2.48 bits per heavy atom. The van der Waals surface area contributed by atoms with Crippen LogP contribution in [-0.4, -0.2) is 61.5 Å². The Balaban J connectivity index is 2.11. The fraction of sp³-hybridized carbons (Fsp3) is 0.471. The first-order valence-electron chi connectivity index (χ1n) is 7.94. The van der Waals surface area contributed by atoms with Crippen LogP contribution in [0.15, 0.2) is 33.7 Å². The number of thioether (sulfide) groups is 1. The van der Waals surface area contributed by atoms with Gasteiger partial charge in [-0.1, -0.05) is 17.3 Å². The predicted octanol–water partition coefficient (Wildman–Crippen LogP) is 2.41. The minimum Gasteiger partial charge on any atom is -0.383 e. The number of nitrogens with zero attached hydrogens (tertiary/aromatic N) is 3. The number of aryl methyl sites for hydroxylation is 1. The van der Waals surface area contributed by atoms with Gasteiger partial charge < -0.3 is 18.9 Å². The molecule has 8 heteroatoms. The fourth-order valence-electron chi connectivity index (χ4n) is 2.20. The SMILES string of the molecule is COCCN(CCOC)C(=O)c1ccccc1SCc1nc(C)no1. The van der Waals surface area contributed by atoms with Crippen LogP contribution in [-0.2, 0) is 15.2 Å². The summed E-state index contributed by atoms with van der Waals surface area (Å²) in [5.41, 5.74) is 0.649. The lowest BCUT2D eigenvalue weighted by atomic mass is 10.2. The standard InChI is InChI=1S/C17H23N3O4S/c1-13-18-16(24-19-13)12-25-15-7-5-4-6-14(15)17(21)20(8-10-22-2)9-11-23-3/h4-7H,8-12H2,1-3H3. The molecule has 0 atom stereocenters. The largest absolute Gasteiger partial charge is 0.383 e. The fourth-order valence-corrected chi connectivity index (χ4v) is 3.08. The van der Waals surface area contributed by atoms with Gasteiger partial charge >= 0.3 is 0 Å². The number of methoxy groups -OCH3 is 2. The van der Waals surface area contributed by atoms with Crippen molar-refractivity contribution in [2.24, 2.45) is 0 Å². The van der Waals surface area contributed by atoms with Crippen LogP contribution in [0, 0.1) is 6.92 Å². The summed E-state index contributed by atoms with van der Waals surface area (Å²) in [5.74, 6) is 1.62. The average Bonchev–Trinajstić information content (AvgIpc) is 3.05. The number of hydrogen-bond acceptors (Lipinski definition) is 7. The molecule has 1 aromatic carbocycles. The van der Waals surface area contributed by atoms with Gasteiger partial charge in [-0.15, -0.1) is 11.8 Å². The molecular weight excluding hydrogens is 342 g/mol. The van der Waals surface area contributed by atoms with Crippen LogP contribution in [0.5, 0.6) is 0 Å². The maximum Gasteiger partial charge on any atom is 0.255 e. The maximum atomic E-state index is 12.9. The second-order valence-corrected chi connectivity index (χ2v) is 6.32. The van der Waals surface area contributed by atoms with E-state index in [1.165, 1.54) is 11.8 Å². The monoisotopic (exact) mass is 365 g/mol. The van der Waals surface area contributed by atoms with Crippen molar-refractivity contribution >= 4 is 17.7 Å². The van der Waals surface area contributed by atoms with Crippen molar-refractivity contribution in [3.63, 3.8) is 0 Å². The Hall–Kier alpha value is -1.90. The average molecular weight is 365 g/mol. The van der Waals surface area contributed by atoms with Gasteiger partial charge in [0, 0.05) is 32.2 Å². The maximum absolute atomic E-state index is 12.9. The molecule has 2 rings (SSSR count). The summed E-state index contributed by atoms with van der Waals surface area (Å²) in [4.78, 5) is 19.7. The number of benzene rings is 1. The molecule has 0 N–H and O–H groups in total. The summed E-state index contributed by atoms with van der Waals surface area (Å²) >= 11 is 1.50. The lowest BCUT2D eigenvalue weighted by Gasteiger charge is -2.23. The molecule has 0 fully saturated rings. The van der Waals surface area contributed by atoms with Gasteiger partial charge in [0.15, 0.2) is 5.82 Å². The van der Waals surface area contributed by atoms with Crippen LogP contribution in [0.25, 0.3) is 0 Å². The van der Waals surface area contributed by atoms with Crippen molar-refractivity contribution in [3.05, 3.63) is 41.5 Å². The van der Waals surface area contributed by atoms with Crippen molar-refractivity contribution < 1.29 is 18.8 Å². The highest BCUT2D eigenvalue weighted by Gasteiger charge is 2.19. The highest BCUT2D eigenvalue weighted by molar-refractivity contribution is 7.98. The van der Waals surface area contributed by atoms with E-state index in [4.69, 9.17) is 14.0 Å². The van der Waals surface area contributed by atoms with Crippen molar-refractivity contribution in [1.29, 1.82) is 0 Å². The summed E-state index contributed by atoms with van der Waals surface area (Å²) in [6, 6.07) is 7.52. The normalized spacial score (nSPS) is 10.8. The highest BCUT2D eigenvalue weighted by atomic mass is 32.2. The molecular formula is C17H23N3O4S. The Morgan fingerprint density at radius 2 is 1.88 bits per heavy atom. The molecule has 0 saturated heterocycles. The zero-order chi connectivity index (χ0) is 18.1. The van der Waals surface area contributed by atoms with E-state index in [9.17, 15) is 4.79 Å². The second-order valence-electron chi connectivity index (χ2n) is 5.30. The van der Waals surface area contributed by atoms with Crippen LogP contribution < -0.4 is 0 Å². The van der Waals surface area contributed by atoms with Crippen LogP contribution >= 0.6 is 11.8 Å². The summed E-state index contributed by atoms with van der Waals surface area (Å²) in [6.45, 7) is 3.76. The summed E-state index contributed by atoms with van der Waals surface area (Å²) in [7, 11) is 3.24. The number of carbonyl (C=O) groups is 1. The molecule has 0 saturated carbocycles. The van der Waals surface area contributed by atoms with E-state index in [2.05, 4.69) is 10.1 Å².